The van der Waals surface area contributed by atoms with Crippen molar-refractivity contribution < 1.29 is 23.1 Å². The Labute approximate surface area is 123 Å². The van der Waals surface area contributed by atoms with E-state index < -0.39 is 16.0 Å². The number of nitrogens with zero attached hydrogens (tertiary/aromatic N) is 2. The van der Waals surface area contributed by atoms with E-state index >= 15 is 0 Å². The molecule has 0 bridgehead atoms. The summed E-state index contributed by atoms with van der Waals surface area (Å²) in [6.07, 6.45) is 1.62. The van der Waals surface area contributed by atoms with Crippen molar-refractivity contribution in [3.05, 3.63) is 11.8 Å². The van der Waals surface area contributed by atoms with Crippen LogP contribution in [0.5, 0.6) is 0 Å². The number of carboxylic acid groups (broad SMARTS) is 1. The van der Waals surface area contributed by atoms with E-state index in [1.54, 1.807) is 13.8 Å². The lowest BCUT2D eigenvalue weighted by molar-refractivity contribution is 0.0690. The number of rotatable bonds is 6. The van der Waals surface area contributed by atoms with Crippen LogP contribution >= 0.6 is 0 Å². The number of sulfonamides is 1. The van der Waals surface area contributed by atoms with Gasteiger partial charge in [0.2, 0.25) is 0 Å². The van der Waals surface area contributed by atoms with Crippen LogP contribution in [0.1, 0.15) is 37.2 Å². The van der Waals surface area contributed by atoms with Gasteiger partial charge in [-0.3, -0.25) is 5.10 Å². The van der Waals surface area contributed by atoms with Crippen LogP contribution in [0, 0.1) is 0 Å². The van der Waals surface area contributed by atoms with E-state index in [1.165, 1.54) is 4.31 Å². The highest BCUT2D eigenvalue weighted by Gasteiger charge is 2.32. The molecular formula is C12H19N3O5S. The molecular weight excluding hydrogens is 298 g/mol. The average Bonchev–Trinajstić information content (AvgIpc) is 3.06. The number of carboxylic acids is 1. The van der Waals surface area contributed by atoms with E-state index in [2.05, 4.69) is 10.2 Å². The molecule has 1 unspecified atom stereocenters. The third kappa shape index (κ3) is 3.42. The predicted molar refractivity (Wildman–Crippen MR) is 73.5 cm³/mol. The van der Waals surface area contributed by atoms with E-state index in [1.807, 2.05) is 0 Å². The van der Waals surface area contributed by atoms with Gasteiger partial charge in [0.05, 0.1) is 6.10 Å². The van der Waals surface area contributed by atoms with Crippen LogP contribution in [-0.2, 0) is 14.8 Å². The Morgan fingerprint density at radius 3 is 2.81 bits per heavy atom. The molecule has 1 fully saturated rings. The molecule has 2 rings (SSSR count). The zero-order chi connectivity index (χ0) is 15.6. The van der Waals surface area contributed by atoms with Gasteiger partial charge in [0.15, 0.2) is 10.7 Å². The smallest absolute Gasteiger partial charge is 0.356 e. The molecule has 8 nitrogen and oxygen atoms in total. The van der Waals surface area contributed by atoms with Gasteiger partial charge in [-0.15, -0.1) is 0 Å². The van der Waals surface area contributed by atoms with Crippen molar-refractivity contribution in [1.29, 1.82) is 0 Å². The minimum atomic E-state index is -3.83. The minimum absolute atomic E-state index is 0.121. The number of aromatic amines is 1. The summed E-state index contributed by atoms with van der Waals surface area (Å²) in [7, 11) is -3.83. The number of hydrogen-bond donors (Lipinski definition) is 2. The number of hydrogen-bond acceptors (Lipinski definition) is 5. The molecule has 0 saturated carbocycles. The second kappa shape index (κ2) is 6.12. The molecule has 1 saturated heterocycles. The number of H-pyrrole nitrogens is 1. The highest BCUT2D eigenvalue weighted by Crippen LogP contribution is 2.21. The summed E-state index contributed by atoms with van der Waals surface area (Å²) in [4.78, 5) is 10.8. The van der Waals surface area contributed by atoms with Crippen molar-refractivity contribution in [2.45, 2.75) is 43.9 Å². The Hall–Kier alpha value is -1.45. The maximum atomic E-state index is 12.6. The van der Waals surface area contributed by atoms with Crippen LogP contribution in [0.3, 0.4) is 0 Å². The molecule has 1 atom stereocenters. The summed E-state index contributed by atoms with van der Waals surface area (Å²) in [5.74, 6) is -1.28. The average molecular weight is 317 g/mol. The van der Waals surface area contributed by atoms with Crippen molar-refractivity contribution in [1.82, 2.24) is 14.5 Å². The number of aromatic nitrogens is 2. The molecule has 0 aromatic carbocycles. The molecule has 2 heterocycles. The second-order valence-electron chi connectivity index (χ2n) is 5.23. The van der Waals surface area contributed by atoms with Gasteiger partial charge in [0, 0.05) is 25.3 Å². The van der Waals surface area contributed by atoms with Crippen LogP contribution in [0.2, 0.25) is 0 Å². The van der Waals surface area contributed by atoms with Gasteiger partial charge >= 0.3 is 5.97 Å². The van der Waals surface area contributed by atoms with Crippen LogP contribution in [0.4, 0.5) is 0 Å². The first kappa shape index (κ1) is 15.9. The van der Waals surface area contributed by atoms with Crippen molar-refractivity contribution in [2.24, 2.45) is 0 Å². The molecule has 1 aliphatic rings. The van der Waals surface area contributed by atoms with E-state index in [0.29, 0.717) is 6.61 Å². The van der Waals surface area contributed by atoms with Gasteiger partial charge < -0.3 is 9.84 Å². The summed E-state index contributed by atoms with van der Waals surface area (Å²) in [5.41, 5.74) is -0.325. The molecule has 2 N–H and O–H groups in total. The van der Waals surface area contributed by atoms with Gasteiger partial charge in [0.1, 0.15) is 0 Å². The monoisotopic (exact) mass is 317 g/mol. The minimum Gasteiger partial charge on any atom is -0.476 e. The van der Waals surface area contributed by atoms with Gasteiger partial charge in [-0.25, -0.2) is 13.2 Å². The number of aromatic carboxylic acids is 1. The summed E-state index contributed by atoms with van der Waals surface area (Å²) in [5, 5.41) is 14.4. The van der Waals surface area contributed by atoms with E-state index in [0.717, 1.165) is 18.9 Å². The third-order valence-corrected chi connectivity index (χ3v) is 5.30. The van der Waals surface area contributed by atoms with Gasteiger partial charge in [0.25, 0.3) is 10.0 Å². The maximum absolute atomic E-state index is 12.6. The summed E-state index contributed by atoms with van der Waals surface area (Å²) in [6.45, 7) is 4.42. The number of carbonyl (C=O) groups is 1. The van der Waals surface area contributed by atoms with Crippen molar-refractivity contribution >= 4 is 16.0 Å². The lowest BCUT2D eigenvalue weighted by Crippen LogP contribution is -2.42. The van der Waals surface area contributed by atoms with Crippen molar-refractivity contribution in [2.75, 3.05) is 13.2 Å². The van der Waals surface area contributed by atoms with Crippen LogP contribution in [0.25, 0.3) is 0 Å². The first-order valence-corrected chi connectivity index (χ1v) is 8.18. The molecule has 118 valence electrons. The number of ether oxygens (including phenoxy) is 1. The SMILES string of the molecule is CC(C)N(CC1CCCO1)S(=O)(=O)c1cc(C(=O)O)n[nH]1. The number of nitrogens with one attached hydrogen (secondary N) is 1. The fourth-order valence-electron chi connectivity index (χ4n) is 2.25. The van der Waals surface area contributed by atoms with E-state index in [-0.39, 0.29) is 29.4 Å². The summed E-state index contributed by atoms with van der Waals surface area (Å²) >= 11 is 0. The second-order valence-corrected chi connectivity index (χ2v) is 7.09. The van der Waals surface area contributed by atoms with E-state index in [4.69, 9.17) is 9.84 Å². The van der Waals surface area contributed by atoms with Crippen LogP contribution < -0.4 is 0 Å². The highest BCUT2D eigenvalue weighted by atomic mass is 32.2. The van der Waals surface area contributed by atoms with Crippen molar-refractivity contribution in [3.63, 3.8) is 0 Å². The molecule has 0 amide bonds. The Bertz CT molecular complexity index is 604. The fourth-order valence-corrected chi connectivity index (χ4v) is 3.84. The third-order valence-electron chi connectivity index (χ3n) is 3.34. The maximum Gasteiger partial charge on any atom is 0.356 e. The Balaban J connectivity index is 2.25. The van der Waals surface area contributed by atoms with Crippen molar-refractivity contribution in [3.8, 4) is 0 Å². The topological polar surface area (TPSA) is 113 Å². The van der Waals surface area contributed by atoms with Crippen LogP contribution in [0.15, 0.2) is 11.1 Å². The molecule has 0 aliphatic carbocycles. The normalized spacial score (nSPS) is 19.5. The highest BCUT2D eigenvalue weighted by molar-refractivity contribution is 7.89. The van der Waals surface area contributed by atoms with Gasteiger partial charge in [-0.2, -0.15) is 9.40 Å². The molecule has 0 spiro atoms. The lowest BCUT2D eigenvalue weighted by Gasteiger charge is -2.27. The summed E-state index contributed by atoms with van der Waals surface area (Å²) < 4.78 is 32.0. The Kier molecular flexibility index (Phi) is 4.64. The standard InChI is InChI=1S/C12H19N3O5S/c1-8(2)15(7-9-4-3-5-20-9)21(18,19)11-6-10(12(16)17)13-14-11/h6,8-9H,3-5,7H2,1-2H3,(H,13,14)(H,16,17). The summed E-state index contributed by atoms with van der Waals surface area (Å²) in [6, 6.07) is 0.763. The zero-order valence-electron chi connectivity index (χ0n) is 11.9. The predicted octanol–water partition coefficient (Wildman–Crippen LogP) is 0.686. The fraction of sp³-hybridized carbons (Fsp3) is 0.667. The largest absolute Gasteiger partial charge is 0.476 e. The van der Waals surface area contributed by atoms with Gasteiger partial charge in [-0.1, -0.05) is 0 Å². The Morgan fingerprint density at radius 2 is 2.33 bits per heavy atom. The van der Waals surface area contributed by atoms with E-state index in [9.17, 15) is 13.2 Å². The molecule has 0 radical (unpaired) electrons. The van der Waals surface area contributed by atoms with Crippen LogP contribution in [-0.4, -0.2) is 59.3 Å². The molecule has 1 aromatic heterocycles. The zero-order valence-corrected chi connectivity index (χ0v) is 12.8. The quantitative estimate of drug-likeness (QED) is 0.798. The molecule has 1 aromatic rings. The van der Waals surface area contributed by atoms with Gasteiger partial charge in [-0.05, 0) is 26.7 Å². The molecule has 1 aliphatic heterocycles. The first-order valence-electron chi connectivity index (χ1n) is 6.74. The lowest BCUT2D eigenvalue weighted by atomic mass is 10.2. The molecule has 21 heavy (non-hydrogen) atoms. The first-order chi connectivity index (χ1) is 9.82. The molecule has 9 heteroatoms. The Morgan fingerprint density at radius 1 is 1.62 bits per heavy atom.